The average Bonchev–Trinajstić information content (AvgIpc) is 1.60. The van der Waals surface area contributed by atoms with Crippen LogP contribution in [0.3, 0.4) is 0 Å². The first-order chi connectivity index (χ1) is 51.3. The van der Waals surface area contributed by atoms with Crippen molar-refractivity contribution in [3.05, 3.63) is 28.8 Å². The van der Waals surface area contributed by atoms with E-state index in [-0.39, 0.29) is 23.0 Å². The predicted octanol–water partition coefficient (Wildman–Crippen LogP) is 19.3. The van der Waals surface area contributed by atoms with Crippen LogP contribution in [-0.2, 0) is 71.1 Å². The topological polar surface area (TPSA) is 167 Å². The molecule has 13 rings (SSSR count). The highest BCUT2D eigenvalue weighted by atomic mass is 35.6. The molecule has 0 aromatic heterocycles. The fourth-order valence-corrected chi connectivity index (χ4v) is 19.1. The minimum Gasteiger partial charge on any atom is -0.491 e. The fraction of sp³-hybridized carbons (Fsp3) is 0.929. The number of hydrogen-bond donors (Lipinski definition) is 0. The van der Waals surface area contributed by atoms with E-state index in [1.54, 1.807) is 7.11 Å². The maximum Gasteiger partial charge on any atom is 0.193 e. The lowest BCUT2D eigenvalue weighted by Gasteiger charge is -2.34. The van der Waals surface area contributed by atoms with Crippen LogP contribution in [-0.4, -0.2) is 218 Å². The quantitative estimate of drug-likeness (QED) is 0.0344. The number of epoxide rings is 6. The number of ether oxygens (including phenoxy) is 16. The van der Waals surface area contributed by atoms with Crippen molar-refractivity contribution < 1.29 is 75.8 Å². The van der Waals surface area contributed by atoms with Gasteiger partial charge < -0.3 is 75.8 Å². The summed E-state index contributed by atoms with van der Waals surface area (Å²) >= 11 is 26.3. The molecule has 106 heavy (non-hydrogen) atoms. The molecule has 616 valence electrons. The maximum absolute atomic E-state index is 6.08. The van der Waals surface area contributed by atoms with E-state index in [9.17, 15) is 0 Å². The Morgan fingerprint density at radius 2 is 0.981 bits per heavy atom. The number of unbranched alkanes of at least 4 members (excludes halogenated alkanes) is 9. The summed E-state index contributed by atoms with van der Waals surface area (Å²) in [6, 6.07) is 4.33. The van der Waals surface area contributed by atoms with Crippen molar-refractivity contribution in [1.82, 2.24) is 0 Å². The molecule has 21 unspecified atom stereocenters. The van der Waals surface area contributed by atoms with Crippen molar-refractivity contribution in [2.75, 3.05) is 124 Å². The van der Waals surface area contributed by atoms with Gasteiger partial charge in [0, 0.05) is 102 Å². The van der Waals surface area contributed by atoms with E-state index in [1.807, 2.05) is 6.92 Å². The van der Waals surface area contributed by atoms with Gasteiger partial charge in [0.2, 0.25) is 0 Å². The number of thioether (sulfide) groups is 1. The second-order valence-electron chi connectivity index (χ2n) is 32.9. The number of methoxy groups -OCH3 is 1. The van der Waals surface area contributed by atoms with Crippen LogP contribution in [0.4, 0.5) is 0 Å². The van der Waals surface area contributed by atoms with E-state index >= 15 is 0 Å². The van der Waals surface area contributed by atoms with Crippen LogP contribution in [0.5, 0.6) is 5.75 Å². The number of fused-ring (bicyclic) bond motifs is 6. The van der Waals surface area contributed by atoms with Gasteiger partial charge in [0.1, 0.15) is 12.4 Å². The molecule has 0 amide bonds. The summed E-state index contributed by atoms with van der Waals surface area (Å²) in [5.41, 5.74) is 4.14. The summed E-state index contributed by atoms with van der Waals surface area (Å²) < 4.78 is 88.3. The molecule has 6 heterocycles. The molecule has 21 atom stereocenters. The molecular weight excluding hydrogens is 1450 g/mol. The second-order valence-corrected chi connectivity index (χ2v) is 37.1. The van der Waals surface area contributed by atoms with Crippen molar-refractivity contribution >= 4 is 58.2 Å². The highest BCUT2D eigenvalue weighted by Crippen LogP contribution is 2.53. The van der Waals surface area contributed by atoms with Crippen LogP contribution in [0.25, 0.3) is 0 Å². The van der Waals surface area contributed by atoms with Crippen LogP contribution in [0.15, 0.2) is 12.1 Å². The molecule has 1 aromatic rings. The predicted molar refractivity (Wildman–Crippen MR) is 429 cm³/mol. The highest BCUT2D eigenvalue weighted by molar-refractivity contribution is 7.99. The minimum atomic E-state index is -1.22. The summed E-state index contributed by atoms with van der Waals surface area (Å²) in [4.78, 5) is 0. The van der Waals surface area contributed by atoms with Gasteiger partial charge in [-0.1, -0.05) is 125 Å². The Kier molecular flexibility index (Phi) is 42.4. The molecule has 16 nitrogen and oxygen atoms in total. The van der Waals surface area contributed by atoms with E-state index in [2.05, 4.69) is 86.2 Å². The Balaban J connectivity index is 0.000000161. The van der Waals surface area contributed by atoms with E-state index in [4.69, 9.17) is 122 Å². The monoisotopic (exact) mass is 1590 g/mol. The van der Waals surface area contributed by atoms with E-state index < -0.39 is 3.79 Å². The zero-order chi connectivity index (χ0) is 75.7. The molecule has 0 N–H and O–H groups in total. The lowest BCUT2D eigenvalue weighted by atomic mass is 9.80. The number of benzene rings is 1. The lowest BCUT2D eigenvalue weighted by Crippen LogP contribution is -2.36. The Hall–Kier alpha value is -0.0700. The van der Waals surface area contributed by atoms with Gasteiger partial charge >= 0.3 is 0 Å². The lowest BCUT2D eigenvalue weighted by molar-refractivity contribution is 0.00186. The van der Waals surface area contributed by atoms with E-state index in [0.29, 0.717) is 143 Å². The Morgan fingerprint density at radius 1 is 0.481 bits per heavy atom. The molecule has 6 aliphatic heterocycles. The Bertz CT molecular complexity index is 2490. The largest absolute Gasteiger partial charge is 0.491 e. The molecule has 0 spiro atoms. The van der Waals surface area contributed by atoms with Crippen molar-refractivity contribution in [2.24, 2.45) is 35.5 Å². The van der Waals surface area contributed by atoms with Crippen LogP contribution in [0, 0.1) is 56.3 Å². The van der Waals surface area contributed by atoms with Gasteiger partial charge in [-0.25, -0.2) is 0 Å². The molecule has 12 aliphatic rings. The first kappa shape index (κ1) is 91.5. The van der Waals surface area contributed by atoms with Crippen LogP contribution in [0.2, 0.25) is 0 Å². The van der Waals surface area contributed by atoms with Crippen LogP contribution in [0.1, 0.15) is 245 Å². The molecular formula is C85H146Cl4O16S. The third-order valence-electron chi connectivity index (χ3n) is 24.0. The molecule has 12 fully saturated rings. The minimum absolute atomic E-state index is 0.0280. The molecule has 1 aromatic carbocycles. The molecule has 6 saturated heterocycles. The Morgan fingerprint density at radius 3 is 1.58 bits per heavy atom. The molecule has 6 saturated carbocycles. The van der Waals surface area contributed by atoms with Gasteiger partial charge in [0.15, 0.2) is 3.79 Å². The van der Waals surface area contributed by atoms with E-state index in [1.165, 1.54) is 139 Å². The number of aryl methyl sites for hydroxylation is 3. The molecule has 21 heteroatoms. The van der Waals surface area contributed by atoms with E-state index in [0.717, 1.165) is 140 Å². The highest BCUT2D eigenvalue weighted by Gasteiger charge is 2.57. The van der Waals surface area contributed by atoms with Crippen molar-refractivity contribution in [1.29, 1.82) is 0 Å². The summed E-state index contributed by atoms with van der Waals surface area (Å²) in [5.74, 6) is 5.79. The van der Waals surface area contributed by atoms with Gasteiger partial charge in [-0.2, -0.15) is 11.8 Å². The van der Waals surface area contributed by atoms with Crippen LogP contribution >= 0.6 is 58.2 Å². The molecule has 0 radical (unpaired) electrons. The van der Waals surface area contributed by atoms with Gasteiger partial charge in [0.05, 0.1) is 124 Å². The van der Waals surface area contributed by atoms with Gasteiger partial charge in [0.25, 0.3) is 0 Å². The van der Waals surface area contributed by atoms with Crippen molar-refractivity contribution in [2.45, 2.75) is 343 Å². The van der Waals surface area contributed by atoms with Crippen LogP contribution < -0.4 is 4.74 Å². The number of rotatable bonds is 43. The number of alkyl halides is 4. The zero-order valence-corrected chi connectivity index (χ0v) is 71.4. The normalized spacial score (nSPS) is 33.8. The molecule has 6 aliphatic carbocycles. The third kappa shape index (κ3) is 34.0. The number of halogens is 4. The Labute approximate surface area is 666 Å². The second kappa shape index (κ2) is 49.1. The first-order valence-electron chi connectivity index (χ1n) is 42.4. The summed E-state index contributed by atoms with van der Waals surface area (Å²) in [5, 5.41) is 0.774. The summed E-state index contributed by atoms with van der Waals surface area (Å²) in [7, 11) is 1.71. The standard InChI is InChI=1S/C19H28O3.C14H25ClO4.C14H26O2.C13H21Cl3O3.C13H24O2.C12H22O2S/c1-13-9-14(2)18(15(3)10-13)21-8-7-20-12-16-5-6-19(4)17(11-16)22-19;1-2-16-3-4-17-5-6-18-10-12-8-14-13(19-14)7-11(12)9-15;1-3-4-5-6-7-10-15-12-8-9-14(2)13(11-12)16-14;1-17-4-2-3-5-18-8-9-6-11-12(19-11)7-10(9)13(14,15)16;1-2-3-4-5-6-9-14-11-7-8-12-13(10-11)15-12;1-3-13-6-7-15-9(2)10-4-5-11-12(8-10)14-11/h9-10,16-17H,5-8,11-12H2,1-4H3;11-14H,2-10H2,1H3;12-13H,3-11H2,1-2H3;9-12H,2-8H2,1H3;11-13H,2-10H2,1H3;9-12H,3-8H2,1-2H3. The van der Waals surface area contributed by atoms with Gasteiger partial charge in [-0.3, -0.25) is 0 Å². The van der Waals surface area contributed by atoms with Crippen molar-refractivity contribution in [3.63, 3.8) is 0 Å². The van der Waals surface area contributed by atoms with Crippen molar-refractivity contribution in [3.8, 4) is 5.75 Å². The summed E-state index contributed by atoms with van der Waals surface area (Å²) in [6.07, 6.45) is 40.0. The number of hydrogen-bond acceptors (Lipinski definition) is 17. The average molecular weight is 1600 g/mol. The zero-order valence-electron chi connectivity index (χ0n) is 67.6. The first-order valence-corrected chi connectivity index (χ1v) is 45.1. The fourth-order valence-electron chi connectivity index (χ4n) is 16.8. The SMILES string of the molecule is CCCCCCCOC1CCC2(C)OC2C1.CCCCCCCOC1CCC2OC2C1.CCOCCOCCOCC1CC2OC2CC1CCl.CCOCCSC(C)C1CCC2OC2C1.COCCCCOCC1CC2OC2CC1C(Cl)(Cl)Cl.Cc1cc(C)c(OCCOCC2CCC3(C)OC3C2)c(C)c1. The maximum atomic E-state index is 6.08. The third-order valence-corrected chi connectivity index (χ3v) is 26.6. The van der Waals surface area contributed by atoms with Gasteiger partial charge in [-0.15, -0.1) is 11.6 Å². The molecule has 0 bridgehead atoms. The smallest absolute Gasteiger partial charge is 0.193 e. The van der Waals surface area contributed by atoms with Gasteiger partial charge in [-0.05, 0) is 205 Å². The summed E-state index contributed by atoms with van der Waals surface area (Å²) in [6.45, 7) is 33.7.